The van der Waals surface area contributed by atoms with Crippen LogP contribution in [-0.4, -0.2) is 29.4 Å². The van der Waals surface area contributed by atoms with E-state index in [1.54, 1.807) is 0 Å². The van der Waals surface area contributed by atoms with Crippen molar-refractivity contribution >= 4 is 17.9 Å². The molecule has 0 amide bonds. The molecule has 7 nitrogen and oxygen atoms in total. The van der Waals surface area contributed by atoms with Gasteiger partial charge in [-0.3, -0.25) is 19.7 Å². The van der Waals surface area contributed by atoms with Crippen molar-refractivity contribution < 1.29 is 24.4 Å². The molecule has 1 N–H and O–H groups in total. The number of nitrogens with zero attached hydrogens (tertiary/aromatic N) is 1. The van der Waals surface area contributed by atoms with Gasteiger partial charge in [0.25, 0.3) is 5.69 Å². The van der Waals surface area contributed by atoms with Gasteiger partial charge in [-0.2, -0.15) is 0 Å². The van der Waals surface area contributed by atoms with E-state index >= 15 is 0 Å². The molecular formula is C10H9NO6. The van der Waals surface area contributed by atoms with Crippen LogP contribution < -0.4 is 4.74 Å². The molecule has 0 spiro atoms. The maximum absolute atomic E-state index is 10.8. The fourth-order valence-electron chi connectivity index (χ4n) is 1.39. The Balaban J connectivity index is 3.45. The van der Waals surface area contributed by atoms with Gasteiger partial charge < -0.3 is 9.84 Å². The predicted octanol–water partition coefficient (Wildman–Crippen LogP) is 1.04. The van der Waals surface area contributed by atoms with Crippen molar-refractivity contribution in [2.45, 2.75) is 6.42 Å². The molecule has 1 aromatic carbocycles. The number of carbonyl (C=O) groups excluding carboxylic acids is 1. The van der Waals surface area contributed by atoms with Crippen LogP contribution in [-0.2, 0) is 11.2 Å². The van der Waals surface area contributed by atoms with Gasteiger partial charge in [0.2, 0.25) is 0 Å². The Morgan fingerprint density at radius 3 is 2.65 bits per heavy atom. The van der Waals surface area contributed by atoms with Gasteiger partial charge in [-0.25, -0.2) is 0 Å². The number of carboxylic acid groups (broad SMARTS) is 1. The number of carbonyl (C=O) groups is 2. The lowest BCUT2D eigenvalue weighted by molar-refractivity contribution is -0.385. The van der Waals surface area contributed by atoms with Crippen LogP contribution in [0.1, 0.15) is 15.9 Å². The fourth-order valence-corrected chi connectivity index (χ4v) is 1.39. The number of aldehydes is 1. The molecule has 0 atom stereocenters. The molecule has 0 aliphatic carbocycles. The van der Waals surface area contributed by atoms with Crippen molar-refractivity contribution in [3.05, 3.63) is 33.4 Å². The Kier molecular flexibility index (Phi) is 3.76. The third-order valence-corrected chi connectivity index (χ3v) is 2.09. The van der Waals surface area contributed by atoms with Crippen molar-refractivity contribution in [2.24, 2.45) is 0 Å². The third-order valence-electron chi connectivity index (χ3n) is 2.09. The fraction of sp³-hybridized carbons (Fsp3) is 0.200. The minimum atomic E-state index is -1.22. The first-order chi connectivity index (χ1) is 7.99. The Morgan fingerprint density at radius 1 is 1.59 bits per heavy atom. The van der Waals surface area contributed by atoms with Crippen LogP contribution >= 0.6 is 0 Å². The SMILES string of the molecule is COc1cc(C=O)cc([N+](=O)[O-])c1CC(=O)O. The molecule has 1 aromatic rings. The van der Waals surface area contributed by atoms with E-state index in [0.29, 0.717) is 6.29 Å². The number of nitro groups is 1. The highest BCUT2D eigenvalue weighted by Crippen LogP contribution is 2.30. The first-order valence-corrected chi connectivity index (χ1v) is 4.52. The molecule has 90 valence electrons. The van der Waals surface area contributed by atoms with E-state index in [9.17, 15) is 19.7 Å². The van der Waals surface area contributed by atoms with E-state index in [1.165, 1.54) is 13.2 Å². The van der Waals surface area contributed by atoms with Gasteiger partial charge >= 0.3 is 5.97 Å². The van der Waals surface area contributed by atoms with E-state index < -0.39 is 23.0 Å². The molecule has 0 aliphatic rings. The van der Waals surface area contributed by atoms with Crippen molar-refractivity contribution in [2.75, 3.05) is 7.11 Å². The predicted molar refractivity (Wildman–Crippen MR) is 56.4 cm³/mol. The standard InChI is InChI=1S/C10H9NO6/c1-17-9-3-6(5-12)2-8(11(15)16)7(9)4-10(13)14/h2-3,5H,4H2,1H3,(H,13,14). The lowest BCUT2D eigenvalue weighted by Gasteiger charge is -2.08. The van der Waals surface area contributed by atoms with E-state index in [-0.39, 0.29) is 16.9 Å². The molecular weight excluding hydrogens is 230 g/mol. The molecule has 17 heavy (non-hydrogen) atoms. The molecule has 1 rings (SSSR count). The summed E-state index contributed by atoms with van der Waals surface area (Å²) in [6.45, 7) is 0. The summed E-state index contributed by atoms with van der Waals surface area (Å²) >= 11 is 0. The van der Waals surface area contributed by atoms with Gasteiger partial charge in [0, 0.05) is 11.6 Å². The van der Waals surface area contributed by atoms with Crippen LogP contribution in [0.3, 0.4) is 0 Å². The average molecular weight is 239 g/mol. The van der Waals surface area contributed by atoms with E-state index in [0.717, 1.165) is 6.07 Å². The van der Waals surface area contributed by atoms with Crippen molar-refractivity contribution in [3.8, 4) is 5.75 Å². The first-order valence-electron chi connectivity index (χ1n) is 4.52. The molecule has 0 aliphatic heterocycles. The van der Waals surface area contributed by atoms with Gasteiger partial charge in [0.15, 0.2) is 0 Å². The largest absolute Gasteiger partial charge is 0.496 e. The second-order valence-corrected chi connectivity index (χ2v) is 3.17. The zero-order valence-electron chi connectivity index (χ0n) is 8.87. The molecule has 0 fully saturated rings. The summed E-state index contributed by atoms with van der Waals surface area (Å²) in [7, 11) is 1.25. The Labute approximate surface area is 95.8 Å². The summed E-state index contributed by atoms with van der Waals surface area (Å²) < 4.78 is 4.85. The summed E-state index contributed by atoms with van der Waals surface area (Å²) in [5.74, 6) is -1.20. The average Bonchev–Trinajstić information content (AvgIpc) is 2.28. The van der Waals surface area contributed by atoms with Gasteiger partial charge in [-0.15, -0.1) is 0 Å². The highest BCUT2D eigenvalue weighted by molar-refractivity contribution is 5.80. The smallest absolute Gasteiger partial charge is 0.308 e. The summed E-state index contributed by atoms with van der Waals surface area (Å²) in [5.41, 5.74) is -0.438. The number of hydrogen-bond acceptors (Lipinski definition) is 5. The summed E-state index contributed by atoms with van der Waals surface area (Å²) in [6, 6.07) is 2.28. The number of carboxylic acids is 1. The number of methoxy groups -OCH3 is 1. The highest BCUT2D eigenvalue weighted by atomic mass is 16.6. The second kappa shape index (κ2) is 5.06. The lowest BCUT2D eigenvalue weighted by atomic mass is 10.1. The molecule has 0 heterocycles. The van der Waals surface area contributed by atoms with Crippen LogP contribution in [0, 0.1) is 10.1 Å². The molecule has 0 saturated heterocycles. The zero-order chi connectivity index (χ0) is 13.0. The maximum atomic E-state index is 10.8. The van der Waals surface area contributed by atoms with Crippen LogP contribution in [0.15, 0.2) is 12.1 Å². The second-order valence-electron chi connectivity index (χ2n) is 3.17. The number of hydrogen-bond donors (Lipinski definition) is 1. The molecule has 7 heteroatoms. The van der Waals surface area contributed by atoms with Gasteiger partial charge in [-0.05, 0) is 6.07 Å². The number of rotatable bonds is 5. The van der Waals surface area contributed by atoms with Gasteiger partial charge in [0.05, 0.1) is 24.0 Å². The van der Waals surface area contributed by atoms with Crippen molar-refractivity contribution in [1.29, 1.82) is 0 Å². The van der Waals surface area contributed by atoms with Crippen LogP contribution in [0.4, 0.5) is 5.69 Å². The van der Waals surface area contributed by atoms with Gasteiger partial charge in [0.1, 0.15) is 12.0 Å². The summed E-state index contributed by atoms with van der Waals surface area (Å²) in [4.78, 5) is 31.2. The molecule has 0 bridgehead atoms. The topological polar surface area (TPSA) is 107 Å². The Morgan fingerprint density at radius 2 is 2.24 bits per heavy atom. The van der Waals surface area contributed by atoms with E-state index in [4.69, 9.17) is 9.84 Å². The van der Waals surface area contributed by atoms with Crippen LogP contribution in [0.5, 0.6) is 5.75 Å². The number of aliphatic carboxylic acids is 1. The minimum absolute atomic E-state index is 0.0173. The summed E-state index contributed by atoms with van der Waals surface area (Å²) in [6.07, 6.45) is -0.112. The first kappa shape index (κ1) is 12.6. The monoisotopic (exact) mass is 239 g/mol. The molecule has 0 saturated carbocycles. The number of benzene rings is 1. The lowest BCUT2D eigenvalue weighted by Crippen LogP contribution is -2.06. The van der Waals surface area contributed by atoms with Crippen molar-refractivity contribution in [1.82, 2.24) is 0 Å². The zero-order valence-corrected chi connectivity index (χ0v) is 8.87. The number of ether oxygens (including phenoxy) is 1. The Bertz CT molecular complexity index is 482. The number of nitro benzene ring substituents is 1. The summed E-state index contributed by atoms with van der Waals surface area (Å²) in [5, 5.41) is 19.5. The van der Waals surface area contributed by atoms with Crippen LogP contribution in [0.2, 0.25) is 0 Å². The van der Waals surface area contributed by atoms with Gasteiger partial charge in [-0.1, -0.05) is 0 Å². The molecule has 0 aromatic heterocycles. The van der Waals surface area contributed by atoms with Crippen LogP contribution in [0.25, 0.3) is 0 Å². The third kappa shape index (κ3) is 2.77. The Hall–Kier alpha value is -2.44. The van der Waals surface area contributed by atoms with Crippen molar-refractivity contribution in [3.63, 3.8) is 0 Å². The quantitative estimate of drug-likeness (QED) is 0.467. The minimum Gasteiger partial charge on any atom is -0.496 e. The maximum Gasteiger partial charge on any atom is 0.308 e. The normalized spacial score (nSPS) is 9.71. The van der Waals surface area contributed by atoms with E-state index in [2.05, 4.69) is 0 Å². The molecule has 0 unspecified atom stereocenters. The molecule has 0 radical (unpaired) electrons. The highest BCUT2D eigenvalue weighted by Gasteiger charge is 2.22. The van der Waals surface area contributed by atoms with E-state index in [1.807, 2.05) is 0 Å².